The minimum absolute atomic E-state index is 0.00433. The second-order valence-electron chi connectivity index (χ2n) is 7.63. The van der Waals surface area contributed by atoms with Crippen LogP contribution in [0.25, 0.3) is 11.0 Å². The quantitative estimate of drug-likeness (QED) is 0.361. The molecule has 0 bridgehead atoms. The number of aromatic nitrogens is 1. The van der Waals surface area contributed by atoms with E-state index in [1.807, 2.05) is 0 Å². The molecule has 6 nitrogen and oxygen atoms in total. The summed E-state index contributed by atoms with van der Waals surface area (Å²) in [6.07, 6.45) is 3.18. The first-order valence-electron chi connectivity index (χ1n) is 10.0. The van der Waals surface area contributed by atoms with E-state index in [9.17, 15) is 19.1 Å². The summed E-state index contributed by atoms with van der Waals surface area (Å²) in [6.45, 7) is 0.122. The van der Waals surface area contributed by atoms with Crippen molar-refractivity contribution in [3.63, 3.8) is 0 Å². The number of aliphatic hydroxyl groups is 1. The molecule has 164 valence electrons. The zero-order valence-corrected chi connectivity index (χ0v) is 18.6. The number of Topliss-reactive ketones (excluding diaryl/α,β-unsaturated/α-hetero) is 1. The summed E-state index contributed by atoms with van der Waals surface area (Å²) in [5.74, 6) is -2.41. The Morgan fingerprint density at radius 2 is 1.82 bits per heavy atom. The molecule has 1 aliphatic rings. The van der Waals surface area contributed by atoms with E-state index in [4.69, 9.17) is 4.42 Å². The maximum atomic E-state index is 13.6. The van der Waals surface area contributed by atoms with Gasteiger partial charge in [0.2, 0.25) is 5.78 Å². The molecule has 0 saturated heterocycles. The number of amides is 1. The molecule has 0 spiro atoms. The highest BCUT2D eigenvalue weighted by Crippen LogP contribution is 2.40. The van der Waals surface area contributed by atoms with Crippen LogP contribution in [0.5, 0.6) is 0 Å². The molecule has 3 heterocycles. The molecule has 1 atom stereocenters. The molecule has 0 radical (unpaired) electrons. The van der Waals surface area contributed by atoms with E-state index < -0.39 is 29.3 Å². The van der Waals surface area contributed by atoms with Crippen molar-refractivity contribution < 1.29 is 23.5 Å². The number of hydrogen-bond donors (Lipinski definition) is 1. The van der Waals surface area contributed by atoms with Crippen molar-refractivity contribution >= 4 is 38.6 Å². The Labute approximate surface area is 196 Å². The Hall–Kier alpha value is -3.78. The van der Waals surface area contributed by atoms with Crippen LogP contribution in [0.3, 0.4) is 0 Å². The lowest BCUT2D eigenvalue weighted by Crippen LogP contribution is -2.30. The summed E-state index contributed by atoms with van der Waals surface area (Å²) < 4.78 is 20.2. The van der Waals surface area contributed by atoms with Gasteiger partial charge in [-0.05, 0) is 59.7 Å². The van der Waals surface area contributed by atoms with Crippen LogP contribution in [0, 0.1) is 5.82 Å². The number of furan rings is 1. The van der Waals surface area contributed by atoms with E-state index in [2.05, 4.69) is 20.9 Å². The molecule has 0 fully saturated rings. The lowest BCUT2D eigenvalue weighted by atomic mass is 9.94. The minimum atomic E-state index is -0.918. The van der Waals surface area contributed by atoms with Gasteiger partial charge >= 0.3 is 0 Å². The molecule has 2 aromatic heterocycles. The minimum Gasteiger partial charge on any atom is -0.503 e. The van der Waals surface area contributed by atoms with Gasteiger partial charge in [-0.1, -0.05) is 28.1 Å². The van der Waals surface area contributed by atoms with Crippen LogP contribution in [0.15, 0.2) is 93.3 Å². The second-order valence-corrected chi connectivity index (χ2v) is 8.54. The molecule has 2 aromatic carbocycles. The number of nitrogens with zero attached hydrogens (tertiary/aromatic N) is 2. The van der Waals surface area contributed by atoms with Gasteiger partial charge in [-0.3, -0.25) is 14.6 Å². The molecule has 0 saturated carbocycles. The first kappa shape index (κ1) is 21.1. The zero-order chi connectivity index (χ0) is 23.1. The topological polar surface area (TPSA) is 83.6 Å². The van der Waals surface area contributed by atoms with Gasteiger partial charge in [-0.2, -0.15) is 0 Å². The number of benzene rings is 2. The van der Waals surface area contributed by atoms with Gasteiger partial charge in [0.25, 0.3) is 5.91 Å². The third-order valence-electron chi connectivity index (χ3n) is 5.54. The average Bonchev–Trinajstić information content (AvgIpc) is 3.34. The number of pyridine rings is 1. The average molecular weight is 507 g/mol. The molecule has 8 heteroatoms. The largest absolute Gasteiger partial charge is 0.503 e. The SMILES string of the molecule is O=C(C1=C(O)C(=O)N(Cc2ccncc2)C1c1ccc(F)cc1)c1cc2cc(Br)ccc2o1. The van der Waals surface area contributed by atoms with E-state index in [1.54, 1.807) is 48.8 Å². The highest BCUT2D eigenvalue weighted by Gasteiger charge is 2.44. The molecule has 0 aliphatic carbocycles. The van der Waals surface area contributed by atoms with Crippen molar-refractivity contribution in [1.82, 2.24) is 9.88 Å². The number of fused-ring (bicyclic) bond motifs is 1. The summed E-state index contributed by atoms with van der Waals surface area (Å²) in [6, 6.07) is 14.9. The fraction of sp³-hybridized carbons (Fsp3) is 0.0800. The van der Waals surface area contributed by atoms with E-state index in [0.29, 0.717) is 16.5 Å². The van der Waals surface area contributed by atoms with Crippen molar-refractivity contribution in [3.05, 3.63) is 112 Å². The summed E-state index contributed by atoms with van der Waals surface area (Å²) in [5, 5.41) is 11.5. The Kier molecular flexibility index (Phi) is 5.30. The summed E-state index contributed by atoms with van der Waals surface area (Å²) >= 11 is 3.39. The van der Waals surface area contributed by atoms with Crippen LogP contribution >= 0.6 is 15.9 Å². The van der Waals surface area contributed by atoms with Crippen molar-refractivity contribution in [3.8, 4) is 0 Å². The maximum absolute atomic E-state index is 13.6. The zero-order valence-electron chi connectivity index (χ0n) is 17.0. The molecule has 5 rings (SSSR count). The fourth-order valence-electron chi connectivity index (χ4n) is 3.98. The van der Waals surface area contributed by atoms with E-state index in [1.165, 1.54) is 29.2 Å². The molecule has 1 unspecified atom stereocenters. The van der Waals surface area contributed by atoms with Crippen molar-refractivity contribution in [2.45, 2.75) is 12.6 Å². The van der Waals surface area contributed by atoms with Gasteiger partial charge in [0.15, 0.2) is 11.5 Å². The van der Waals surface area contributed by atoms with Crippen LogP contribution in [0.2, 0.25) is 0 Å². The monoisotopic (exact) mass is 506 g/mol. The fourth-order valence-corrected chi connectivity index (χ4v) is 4.36. The second kappa shape index (κ2) is 8.29. The van der Waals surface area contributed by atoms with Gasteiger partial charge in [0, 0.05) is 28.8 Å². The molecular formula is C25H16BrFN2O4. The van der Waals surface area contributed by atoms with Gasteiger partial charge in [0.05, 0.1) is 11.6 Å². The van der Waals surface area contributed by atoms with Gasteiger partial charge < -0.3 is 14.4 Å². The number of ketones is 1. The van der Waals surface area contributed by atoms with E-state index in [0.717, 1.165) is 10.0 Å². The Balaban J connectivity index is 1.60. The van der Waals surface area contributed by atoms with Gasteiger partial charge in [-0.25, -0.2) is 4.39 Å². The van der Waals surface area contributed by atoms with Crippen LogP contribution in [-0.4, -0.2) is 26.7 Å². The molecular weight excluding hydrogens is 491 g/mol. The number of halogens is 2. The van der Waals surface area contributed by atoms with Crippen LogP contribution in [0.1, 0.15) is 27.7 Å². The first-order chi connectivity index (χ1) is 15.9. The summed E-state index contributed by atoms with van der Waals surface area (Å²) in [7, 11) is 0. The lowest BCUT2D eigenvalue weighted by Gasteiger charge is -2.26. The number of aliphatic hydroxyl groups excluding tert-OH is 1. The van der Waals surface area contributed by atoms with Crippen LogP contribution in [0.4, 0.5) is 4.39 Å². The van der Waals surface area contributed by atoms with Gasteiger partial charge in [0.1, 0.15) is 11.4 Å². The first-order valence-corrected chi connectivity index (χ1v) is 10.8. The van der Waals surface area contributed by atoms with E-state index >= 15 is 0 Å². The maximum Gasteiger partial charge on any atom is 0.290 e. The molecule has 33 heavy (non-hydrogen) atoms. The summed E-state index contributed by atoms with van der Waals surface area (Å²) in [4.78, 5) is 31.9. The molecule has 4 aromatic rings. The van der Waals surface area contributed by atoms with Gasteiger partial charge in [-0.15, -0.1) is 0 Å². The highest BCUT2D eigenvalue weighted by molar-refractivity contribution is 9.10. The normalized spacial score (nSPS) is 16.1. The van der Waals surface area contributed by atoms with Crippen molar-refractivity contribution in [1.29, 1.82) is 0 Å². The third-order valence-corrected chi connectivity index (χ3v) is 6.03. The lowest BCUT2D eigenvalue weighted by molar-refractivity contribution is -0.130. The predicted octanol–water partition coefficient (Wildman–Crippen LogP) is 5.51. The smallest absolute Gasteiger partial charge is 0.290 e. The van der Waals surface area contributed by atoms with Crippen LogP contribution < -0.4 is 0 Å². The predicted molar refractivity (Wildman–Crippen MR) is 122 cm³/mol. The number of rotatable bonds is 5. The number of hydrogen-bond acceptors (Lipinski definition) is 5. The van der Waals surface area contributed by atoms with Crippen molar-refractivity contribution in [2.75, 3.05) is 0 Å². The number of carbonyl (C=O) groups excluding carboxylic acids is 2. The number of carbonyl (C=O) groups is 2. The highest BCUT2D eigenvalue weighted by atomic mass is 79.9. The third kappa shape index (κ3) is 3.82. The Morgan fingerprint density at radius 1 is 1.09 bits per heavy atom. The molecule has 1 aliphatic heterocycles. The Morgan fingerprint density at radius 3 is 2.55 bits per heavy atom. The molecule has 1 N–H and O–H groups in total. The van der Waals surface area contributed by atoms with E-state index in [-0.39, 0.29) is 17.9 Å². The standard InChI is InChI=1S/C25H16BrFN2O4/c26-17-3-6-19-16(11-17)12-20(33-19)23(30)21-22(15-1-4-18(27)5-2-15)29(25(32)24(21)31)13-14-7-9-28-10-8-14/h1-12,22,31H,13H2. The van der Waals surface area contributed by atoms with Crippen molar-refractivity contribution in [2.24, 2.45) is 0 Å². The van der Waals surface area contributed by atoms with Crippen LogP contribution in [-0.2, 0) is 11.3 Å². The Bertz CT molecular complexity index is 1410. The summed E-state index contributed by atoms with van der Waals surface area (Å²) in [5.41, 5.74) is 1.64. The molecule has 1 amide bonds.